The highest BCUT2D eigenvalue weighted by molar-refractivity contribution is 4.87. The third kappa shape index (κ3) is 9.70. The summed E-state index contributed by atoms with van der Waals surface area (Å²) in [5, 5.41) is 0. The van der Waals surface area contributed by atoms with Crippen LogP contribution in [0.1, 0.15) is 60.3 Å². The lowest BCUT2D eigenvalue weighted by atomic mass is 10.0. The minimum atomic E-state index is 0. The van der Waals surface area contributed by atoms with Gasteiger partial charge in [-0.25, -0.2) is 0 Å². The van der Waals surface area contributed by atoms with E-state index >= 15 is 0 Å². The van der Waals surface area contributed by atoms with Crippen LogP contribution in [0.25, 0.3) is 0 Å². The number of hydrogen-bond donors (Lipinski definition) is 0. The molecule has 1 aliphatic carbocycles. The lowest BCUT2D eigenvalue weighted by Gasteiger charge is -2.00. The van der Waals surface area contributed by atoms with Crippen LogP contribution >= 0.6 is 0 Å². The van der Waals surface area contributed by atoms with Gasteiger partial charge < -0.3 is 18.9 Å². The summed E-state index contributed by atoms with van der Waals surface area (Å²) < 4.78 is 19.4. The molecule has 1 saturated carbocycles. The molecule has 3 heterocycles. The number of fused-ring (bicyclic) bond motifs is 1. The average Bonchev–Trinajstić information content (AvgIpc) is 3.37. The average molecular weight is 290 g/mol. The quantitative estimate of drug-likeness (QED) is 0.726. The van der Waals surface area contributed by atoms with Gasteiger partial charge in [0, 0.05) is 7.11 Å². The zero-order chi connectivity index (χ0) is 14.1. The number of epoxide rings is 3. The van der Waals surface area contributed by atoms with Crippen molar-refractivity contribution in [3.63, 3.8) is 0 Å². The number of hydrogen-bond acceptors (Lipinski definition) is 4. The summed E-state index contributed by atoms with van der Waals surface area (Å²) in [4.78, 5) is 0. The Bertz CT molecular complexity index is 193. The van der Waals surface area contributed by atoms with Gasteiger partial charge in [-0.2, -0.15) is 0 Å². The van der Waals surface area contributed by atoms with E-state index in [0.29, 0.717) is 18.3 Å². The maximum Gasteiger partial charge on any atom is 0.180 e. The zero-order valence-corrected chi connectivity index (χ0v) is 12.9. The number of methoxy groups -OCH3 is 1. The van der Waals surface area contributed by atoms with Gasteiger partial charge in [-0.3, -0.25) is 0 Å². The number of ether oxygens (including phenoxy) is 4. The Morgan fingerprint density at radius 2 is 1.50 bits per heavy atom. The van der Waals surface area contributed by atoms with E-state index in [-0.39, 0.29) is 13.7 Å². The predicted octanol–water partition coefficient (Wildman–Crippen LogP) is 3.77. The van der Waals surface area contributed by atoms with E-state index in [1.54, 1.807) is 7.11 Å². The minimum Gasteiger partial charge on any atom is -0.373 e. The second kappa shape index (κ2) is 11.5. The van der Waals surface area contributed by atoms with Crippen molar-refractivity contribution in [2.24, 2.45) is 0 Å². The molecule has 0 aromatic rings. The highest BCUT2D eigenvalue weighted by Crippen LogP contribution is 2.35. The van der Waals surface area contributed by atoms with Crippen LogP contribution in [0, 0.1) is 0 Å². The first-order valence-electron chi connectivity index (χ1n) is 7.75. The fraction of sp³-hybridized carbons (Fsp3) is 1.00. The van der Waals surface area contributed by atoms with Gasteiger partial charge in [0.15, 0.2) is 6.29 Å². The van der Waals surface area contributed by atoms with Gasteiger partial charge in [0.2, 0.25) is 0 Å². The third-order valence-corrected chi connectivity index (χ3v) is 3.34. The van der Waals surface area contributed by atoms with Crippen molar-refractivity contribution in [2.45, 2.75) is 84.9 Å². The minimum absolute atomic E-state index is 0. The molecule has 4 nitrogen and oxygen atoms in total. The first kappa shape index (κ1) is 19.8. The number of rotatable bonds is 2. The molecule has 0 aromatic heterocycles. The van der Waals surface area contributed by atoms with Crippen molar-refractivity contribution in [1.82, 2.24) is 0 Å². The van der Waals surface area contributed by atoms with Crippen molar-refractivity contribution in [3.8, 4) is 0 Å². The molecule has 4 fully saturated rings. The van der Waals surface area contributed by atoms with Gasteiger partial charge in [-0.05, 0) is 19.3 Å². The summed E-state index contributed by atoms with van der Waals surface area (Å²) in [6, 6.07) is 0. The molecule has 20 heavy (non-hydrogen) atoms. The second-order valence-electron chi connectivity index (χ2n) is 4.86. The van der Waals surface area contributed by atoms with Crippen molar-refractivity contribution in [2.75, 3.05) is 20.3 Å². The van der Waals surface area contributed by atoms with Crippen molar-refractivity contribution >= 4 is 0 Å². The molecule has 0 radical (unpaired) electrons. The van der Waals surface area contributed by atoms with Crippen LogP contribution in [-0.2, 0) is 18.9 Å². The maximum absolute atomic E-state index is 5.28. The first-order chi connectivity index (χ1) is 9.33. The zero-order valence-electron chi connectivity index (χ0n) is 12.9. The Labute approximate surface area is 125 Å². The van der Waals surface area contributed by atoms with E-state index in [2.05, 4.69) is 16.4 Å². The monoisotopic (exact) mass is 290 g/mol. The lowest BCUT2D eigenvalue weighted by Crippen LogP contribution is -2.00. The fourth-order valence-electron chi connectivity index (χ4n) is 1.86. The smallest absolute Gasteiger partial charge is 0.180 e. The van der Waals surface area contributed by atoms with Crippen LogP contribution in [-0.4, -0.2) is 44.9 Å². The Morgan fingerprint density at radius 3 is 1.65 bits per heavy atom. The van der Waals surface area contributed by atoms with Gasteiger partial charge in [-0.1, -0.05) is 41.0 Å². The molecule has 4 heteroatoms. The Hall–Kier alpha value is -0.160. The summed E-state index contributed by atoms with van der Waals surface area (Å²) >= 11 is 0. The summed E-state index contributed by atoms with van der Waals surface area (Å²) in [7, 11) is 1.64. The molecular formula is C16H34O4. The second-order valence-corrected chi connectivity index (χ2v) is 4.86. The van der Waals surface area contributed by atoms with Gasteiger partial charge in [0.25, 0.3) is 0 Å². The van der Waals surface area contributed by atoms with Crippen LogP contribution in [0.2, 0.25) is 0 Å². The molecular weight excluding hydrogens is 256 g/mol. The summed E-state index contributed by atoms with van der Waals surface area (Å²) in [5.74, 6) is 0. The van der Waals surface area contributed by atoms with E-state index in [4.69, 9.17) is 9.47 Å². The SMILES string of the molecule is C.C1CCC2OC2C1.CC.CCC1CO1.COC1CO1. The van der Waals surface area contributed by atoms with Crippen LogP contribution in [0.3, 0.4) is 0 Å². The molecule has 3 saturated heterocycles. The van der Waals surface area contributed by atoms with E-state index in [0.717, 1.165) is 13.2 Å². The van der Waals surface area contributed by atoms with Crippen LogP contribution in [0.4, 0.5) is 0 Å². The lowest BCUT2D eigenvalue weighted by molar-refractivity contribution is 0.0950. The highest BCUT2D eigenvalue weighted by atomic mass is 16.8. The van der Waals surface area contributed by atoms with E-state index < -0.39 is 0 Å². The van der Waals surface area contributed by atoms with Crippen molar-refractivity contribution < 1.29 is 18.9 Å². The maximum atomic E-state index is 5.28. The van der Waals surface area contributed by atoms with Crippen molar-refractivity contribution in [3.05, 3.63) is 0 Å². The Balaban J connectivity index is 0.000000254. The van der Waals surface area contributed by atoms with Gasteiger partial charge in [-0.15, -0.1) is 0 Å². The molecule has 4 unspecified atom stereocenters. The van der Waals surface area contributed by atoms with Gasteiger partial charge >= 0.3 is 0 Å². The van der Waals surface area contributed by atoms with E-state index in [1.165, 1.54) is 32.1 Å². The molecule has 3 aliphatic heterocycles. The first-order valence-corrected chi connectivity index (χ1v) is 7.75. The normalized spacial score (nSPS) is 34.2. The van der Waals surface area contributed by atoms with Gasteiger partial charge in [0.05, 0.1) is 24.9 Å². The fourth-order valence-corrected chi connectivity index (χ4v) is 1.86. The van der Waals surface area contributed by atoms with Crippen LogP contribution in [0.15, 0.2) is 0 Å². The molecule has 4 aliphatic rings. The van der Waals surface area contributed by atoms with E-state index in [1.807, 2.05) is 13.8 Å². The summed E-state index contributed by atoms with van der Waals surface area (Å²) in [6.07, 6.45) is 8.85. The molecule has 4 rings (SSSR count). The van der Waals surface area contributed by atoms with Crippen LogP contribution < -0.4 is 0 Å². The van der Waals surface area contributed by atoms with Gasteiger partial charge in [0.1, 0.15) is 6.61 Å². The highest BCUT2D eigenvalue weighted by Gasteiger charge is 2.39. The molecule has 0 amide bonds. The summed E-state index contributed by atoms with van der Waals surface area (Å²) in [5.41, 5.74) is 0. The van der Waals surface area contributed by atoms with Crippen LogP contribution in [0.5, 0.6) is 0 Å². The standard InChI is InChI=1S/C6H10O.C4H8O.C3H6O2.C2H6.CH4/c1-2-4-6-5(3-1)7-6;1-2-4-3-5-4;1-4-3-2-5-3;1-2;/h5-6H,1-4H2;4H,2-3H2,1H3;3H,2H2,1H3;1-2H3;1H4. The Morgan fingerprint density at radius 1 is 1.00 bits per heavy atom. The largest absolute Gasteiger partial charge is 0.373 e. The molecule has 0 N–H and O–H groups in total. The van der Waals surface area contributed by atoms with E-state index in [9.17, 15) is 0 Å². The molecule has 0 spiro atoms. The molecule has 0 bridgehead atoms. The molecule has 4 atom stereocenters. The predicted molar refractivity (Wildman–Crippen MR) is 82.0 cm³/mol. The Kier molecular flexibility index (Phi) is 11.4. The summed E-state index contributed by atoms with van der Waals surface area (Å²) in [6.45, 7) is 7.94. The third-order valence-electron chi connectivity index (χ3n) is 3.34. The topological polar surface area (TPSA) is 46.8 Å². The van der Waals surface area contributed by atoms with Crippen molar-refractivity contribution in [1.29, 1.82) is 0 Å². The molecule has 0 aromatic carbocycles. The molecule has 122 valence electrons.